The number of benzene rings is 4. The molecule has 4 aromatic carbocycles. The van der Waals surface area contributed by atoms with E-state index in [9.17, 15) is 18.5 Å². The highest BCUT2D eigenvalue weighted by Gasteiger charge is 2.24. The van der Waals surface area contributed by atoms with Crippen LogP contribution in [0.25, 0.3) is 10.8 Å². The molecule has 0 unspecified atom stereocenters. The number of non-ortho nitro benzene ring substituents is 1. The molecule has 0 heterocycles. The van der Waals surface area contributed by atoms with Crippen molar-refractivity contribution < 1.29 is 18.1 Å². The van der Waals surface area contributed by atoms with Crippen LogP contribution in [-0.2, 0) is 23.2 Å². The van der Waals surface area contributed by atoms with Crippen LogP contribution < -0.4 is 9.04 Å². The van der Waals surface area contributed by atoms with Gasteiger partial charge in [0.1, 0.15) is 6.61 Å². The van der Waals surface area contributed by atoms with Crippen LogP contribution in [0.1, 0.15) is 22.3 Å². The quantitative estimate of drug-likeness (QED) is 0.226. The average Bonchev–Trinajstić information content (AvgIpc) is 2.82. The van der Waals surface area contributed by atoms with Crippen molar-refractivity contribution in [3.8, 4) is 5.75 Å². The van der Waals surface area contributed by atoms with Gasteiger partial charge >= 0.3 is 0 Å². The first-order chi connectivity index (χ1) is 16.6. The minimum atomic E-state index is -3.74. The minimum Gasteiger partial charge on any atom is -0.486 e. The van der Waals surface area contributed by atoms with Gasteiger partial charge in [0.25, 0.3) is 5.69 Å². The fourth-order valence-corrected chi connectivity index (χ4v) is 4.83. The summed E-state index contributed by atoms with van der Waals surface area (Å²) in [5, 5.41) is 13.5. The van der Waals surface area contributed by atoms with E-state index in [0.29, 0.717) is 0 Å². The van der Waals surface area contributed by atoms with E-state index in [1.165, 1.54) is 22.5 Å². The second-order valence-corrected chi connectivity index (χ2v) is 10.5. The van der Waals surface area contributed by atoms with Gasteiger partial charge in [0.05, 0.1) is 29.5 Å². The standard InChI is InChI=1S/C27H26N2O5S/c1-19-8-9-20(2)24(14-19)18-34-27-16-25(29(30)31)12-13-26(27)28(35(3,32)33)17-21-10-11-22-6-4-5-7-23(22)15-21/h4-16H,17-18H2,1-3H3. The lowest BCUT2D eigenvalue weighted by Gasteiger charge is -2.25. The third-order valence-electron chi connectivity index (χ3n) is 5.85. The lowest BCUT2D eigenvalue weighted by atomic mass is 10.1. The summed E-state index contributed by atoms with van der Waals surface area (Å²) in [5.41, 5.74) is 3.84. The molecule has 0 bridgehead atoms. The van der Waals surface area contributed by atoms with E-state index in [-0.39, 0.29) is 30.3 Å². The third-order valence-corrected chi connectivity index (χ3v) is 6.98. The summed E-state index contributed by atoms with van der Waals surface area (Å²) >= 11 is 0. The summed E-state index contributed by atoms with van der Waals surface area (Å²) in [6, 6.07) is 23.5. The van der Waals surface area contributed by atoms with Crippen LogP contribution in [0, 0.1) is 24.0 Å². The van der Waals surface area contributed by atoms with Crippen molar-refractivity contribution in [1.82, 2.24) is 0 Å². The lowest BCUT2D eigenvalue weighted by Crippen LogP contribution is -2.29. The Labute approximate surface area is 204 Å². The first-order valence-electron chi connectivity index (χ1n) is 11.0. The first-order valence-corrected chi connectivity index (χ1v) is 12.9. The van der Waals surface area contributed by atoms with Crippen LogP contribution in [0.15, 0.2) is 78.9 Å². The Kier molecular flexibility index (Phi) is 6.75. The molecule has 4 aromatic rings. The van der Waals surface area contributed by atoms with Crippen LogP contribution in [0.2, 0.25) is 0 Å². The summed E-state index contributed by atoms with van der Waals surface area (Å²) in [7, 11) is -3.74. The SMILES string of the molecule is Cc1ccc(C)c(COc2cc([N+](=O)[O-])ccc2N(Cc2ccc3ccccc3c2)S(C)(=O)=O)c1. The number of nitro groups is 1. The van der Waals surface area contributed by atoms with Gasteiger partial charge in [-0.15, -0.1) is 0 Å². The molecule has 0 saturated carbocycles. The molecule has 7 nitrogen and oxygen atoms in total. The number of nitrogens with zero attached hydrogens (tertiary/aromatic N) is 2. The number of anilines is 1. The molecule has 0 atom stereocenters. The zero-order valence-corrected chi connectivity index (χ0v) is 20.6. The topological polar surface area (TPSA) is 89.8 Å². The highest BCUT2D eigenvalue weighted by atomic mass is 32.2. The van der Waals surface area contributed by atoms with Crippen LogP contribution in [0.5, 0.6) is 5.75 Å². The van der Waals surface area contributed by atoms with Gasteiger partial charge < -0.3 is 4.74 Å². The van der Waals surface area contributed by atoms with E-state index in [1.807, 2.05) is 74.5 Å². The normalized spacial score (nSPS) is 11.4. The smallest absolute Gasteiger partial charge is 0.273 e. The van der Waals surface area contributed by atoms with Crippen molar-refractivity contribution in [2.45, 2.75) is 27.0 Å². The van der Waals surface area contributed by atoms with Crippen molar-refractivity contribution >= 4 is 32.2 Å². The van der Waals surface area contributed by atoms with Gasteiger partial charge in [-0.3, -0.25) is 14.4 Å². The highest BCUT2D eigenvalue weighted by Crippen LogP contribution is 2.36. The van der Waals surface area contributed by atoms with Gasteiger partial charge in [-0.25, -0.2) is 8.42 Å². The van der Waals surface area contributed by atoms with Gasteiger partial charge in [0, 0.05) is 6.07 Å². The number of sulfonamides is 1. The number of fused-ring (bicyclic) bond motifs is 1. The fourth-order valence-electron chi connectivity index (χ4n) is 3.93. The van der Waals surface area contributed by atoms with Crippen molar-refractivity contribution in [3.05, 3.63) is 111 Å². The van der Waals surface area contributed by atoms with Crippen molar-refractivity contribution in [2.75, 3.05) is 10.6 Å². The lowest BCUT2D eigenvalue weighted by molar-refractivity contribution is -0.384. The minimum absolute atomic E-state index is 0.0569. The molecular formula is C27H26N2O5S. The maximum absolute atomic E-state index is 12.9. The number of ether oxygens (including phenoxy) is 1. The van der Waals surface area contributed by atoms with E-state index in [0.717, 1.165) is 39.3 Å². The molecule has 180 valence electrons. The molecule has 0 aliphatic carbocycles. The first kappa shape index (κ1) is 24.2. The van der Waals surface area contributed by atoms with Gasteiger partial charge in [0.15, 0.2) is 5.75 Å². The predicted molar refractivity (Wildman–Crippen MR) is 138 cm³/mol. The Morgan fingerprint density at radius 1 is 0.914 bits per heavy atom. The van der Waals surface area contributed by atoms with E-state index >= 15 is 0 Å². The Balaban J connectivity index is 1.74. The van der Waals surface area contributed by atoms with Crippen molar-refractivity contribution in [3.63, 3.8) is 0 Å². The van der Waals surface area contributed by atoms with Crippen molar-refractivity contribution in [1.29, 1.82) is 0 Å². The molecule has 35 heavy (non-hydrogen) atoms. The van der Waals surface area contributed by atoms with Crippen LogP contribution >= 0.6 is 0 Å². The zero-order valence-electron chi connectivity index (χ0n) is 19.8. The van der Waals surface area contributed by atoms with Crippen molar-refractivity contribution in [2.24, 2.45) is 0 Å². The number of nitro benzene ring substituents is 1. The van der Waals surface area contributed by atoms with Gasteiger partial charge in [-0.1, -0.05) is 60.2 Å². The molecule has 0 N–H and O–H groups in total. The summed E-state index contributed by atoms with van der Waals surface area (Å²) in [4.78, 5) is 10.9. The second-order valence-electron chi connectivity index (χ2n) is 8.58. The number of rotatable bonds is 8. The van der Waals surface area contributed by atoms with Crippen LogP contribution in [0.3, 0.4) is 0 Å². The maximum atomic E-state index is 12.9. The van der Waals surface area contributed by atoms with E-state index in [4.69, 9.17) is 4.74 Å². The van der Waals surface area contributed by atoms with Crippen LogP contribution in [0.4, 0.5) is 11.4 Å². The molecule has 0 aliphatic heterocycles. The van der Waals surface area contributed by atoms with Gasteiger partial charge in [-0.05, 0) is 53.4 Å². The summed E-state index contributed by atoms with van der Waals surface area (Å²) in [6.07, 6.45) is 1.12. The van der Waals surface area contributed by atoms with E-state index in [1.54, 1.807) is 0 Å². The van der Waals surface area contributed by atoms with E-state index in [2.05, 4.69) is 0 Å². The Morgan fingerprint density at radius 3 is 2.37 bits per heavy atom. The number of hydrogen-bond acceptors (Lipinski definition) is 5. The summed E-state index contributed by atoms with van der Waals surface area (Å²) in [5.74, 6) is 0.131. The fraction of sp³-hybridized carbons (Fsp3) is 0.185. The molecular weight excluding hydrogens is 464 g/mol. The second kappa shape index (κ2) is 9.76. The van der Waals surface area contributed by atoms with Gasteiger partial charge in [-0.2, -0.15) is 0 Å². The Morgan fingerprint density at radius 2 is 1.66 bits per heavy atom. The van der Waals surface area contributed by atoms with E-state index < -0.39 is 14.9 Å². The average molecular weight is 491 g/mol. The summed E-state index contributed by atoms with van der Waals surface area (Å²) in [6.45, 7) is 4.13. The predicted octanol–water partition coefficient (Wildman–Crippen LogP) is 5.91. The van der Waals surface area contributed by atoms with Gasteiger partial charge in [0.2, 0.25) is 10.0 Å². The third kappa shape index (κ3) is 5.60. The molecule has 0 fully saturated rings. The largest absolute Gasteiger partial charge is 0.486 e. The Hall–Kier alpha value is -3.91. The molecule has 0 radical (unpaired) electrons. The molecule has 0 saturated heterocycles. The highest BCUT2D eigenvalue weighted by molar-refractivity contribution is 7.92. The molecule has 0 amide bonds. The molecule has 0 aromatic heterocycles. The molecule has 0 spiro atoms. The zero-order chi connectivity index (χ0) is 25.2. The number of hydrogen-bond donors (Lipinski definition) is 0. The summed E-state index contributed by atoms with van der Waals surface area (Å²) < 4.78 is 33.0. The monoisotopic (exact) mass is 490 g/mol. The Bertz CT molecular complexity index is 1520. The number of aryl methyl sites for hydroxylation is 2. The molecule has 0 aliphatic rings. The maximum Gasteiger partial charge on any atom is 0.273 e. The molecule has 4 rings (SSSR count). The van der Waals surface area contributed by atoms with Crippen LogP contribution in [-0.4, -0.2) is 19.6 Å². The molecule has 8 heteroatoms.